The van der Waals surface area contributed by atoms with E-state index in [2.05, 4.69) is 15.5 Å². The quantitative estimate of drug-likeness (QED) is 0.775. The van der Waals surface area contributed by atoms with Gasteiger partial charge in [-0.1, -0.05) is 42.5 Å². The van der Waals surface area contributed by atoms with Gasteiger partial charge in [0.15, 0.2) is 0 Å². The van der Waals surface area contributed by atoms with Crippen molar-refractivity contribution in [3.63, 3.8) is 0 Å². The van der Waals surface area contributed by atoms with Crippen LogP contribution in [-0.2, 0) is 6.54 Å². The number of halogens is 1. The smallest absolute Gasteiger partial charge is 0.269 e. The second-order valence-electron chi connectivity index (χ2n) is 5.30. The molecule has 116 valence electrons. The summed E-state index contributed by atoms with van der Waals surface area (Å²) in [6.07, 6.45) is 0. The number of aryl methyl sites for hydroxylation is 1. The van der Waals surface area contributed by atoms with Gasteiger partial charge in [-0.25, -0.2) is 4.39 Å². The van der Waals surface area contributed by atoms with Crippen LogP contribution < -0.4 is 5.32 Å². The summed E-state index contributed by atoms with van der Waals surface area (Å²) in [4.78, 5) is 12.2. The molecule has 0 saturated heterocycles. The van der Waals surface area contributed by atoms with Crippen LogP contribution >= 0.6 is 0 Å². The minimum atomic E-state index is -0.249. The highest BCUT2D eigenvalue weighted by Crippen LogP contribution is 2.17. The number of hydrogen-bond acceptors (Lipinski definition) is 2. The third-order valence-corrected chi connectivity index (χ3v) is 3.57. The summed E-state index contributed by atoms with van der Waals surface area (Å²) in [5.74, 6) is -0.497. The number of H-pyrrole nitrogens is 1. The Hall–Kier alpha value is -2.95. The number of benzene rings is 2. The maximum absolute atomic E-state index is 13.2. The average molecular weight is 309 g/mol. The SMILES string of the molecule is Cc1cc(CNC(=O)c2cc(-c3ccccc3)n[nH]2)ccc1F. The largest absolute Gasteiger partial charge is 0.347 e. The first-order valence-electron chi connectivity index (χ1n) is 7.27. The van der Waals surface area contributed by atoms with Crippen LogP contribution in [0.3, 0.4) is 0 Å². The fourth-order valence-electron chi connectivity index (χ4n) is 2.29. The van der Waals surface area contributed by atoms with Gasteiger partial charge in [0.2, 0.25) is 0 Å². The highest BCUT2D eigenvalue weighted by Gasteiger charge is 2.11. The van der Waals surface area contributed by atoms with Crippen LogP contribution in [0, 0.1) is 12.7 Å². The molecule has 0 unspecified atom stereocenters. The zero-order valence-corrected chi connectivity index (χ0v) is 12.6. The van der Waals surface area contributed by atoms with Gasteiger partial charge in [0.25, 0.3) is 5.91 Å². The van der Waals surface area contributed by atoms with Gasteiger partial charge in [0, 0.05) is 12.1 Å². The van der Waals surface area contributed by atoms with Gasteiger partial charge in [0.1, 0.15) is 11.5 Å². The molecule has 0 spiro atoms. The van der Waals surface area contributed by atoms with Crippen LogP contribution in [0.15, 0.2) is 54.6 Å². The summed E-state index contributed by atoms with van der Waals surface area (Å²) in [6, 6.07) is 16.1. The lowest BCUT2D eigenvalue weighted by molar-refractivity contribution is 0.0946. The second-order valence-corrected chi connectivity index (χ2v) is 5.30. The molecule has 0 radical (unpaired) electrons. The van der Waals surface area contributed by atoms with Crippen LogP contribution in [0.25, 0.3) is 11.3 Å². The van der Waals surface area contributed by atoms with Crippen molar-refractivity contribution in [2.24, 2.45) is 0 Å². The van der Waals surface area contributed by atoms with Crippen molar-refractivity contribution < 1.29 is 9.18 Å². The molecule has 2 aromatic carbocycles. The van der Waals surface area contributed by atoms with Gasteiger partial charge in [0.05, 0.1) is 5.69 Å². The van der Waals surface area contributed by atoms with E-state index in [1.807, 2.05) is 30.3 Å². The van der Waals surface area contributed by atoms with E-state index in [9.17, 15) is 9.18 Å². The van der Waals surface area contributed by atoms with E-state index in [0.717, 1.165) is 11.1 Å². The number of amides is 1. The number of aromatic nitrogens is 2. The van der Waals surface area contributed by atoms with Crippen molar-refractivity contribution in [2.75, 3.05) is 0 Å². The van der Waals surface area contributed by atoms with Gasteiger partial charge >= 0.3 is 0 Å². The van der Waals surface area contributed by atoms with E-state index in [0.29, 0.717) is 23.5 Å². The summed E-state index contributed by atoms with van der Waals surface area (Å²) in [6.45, 7) is 2.03. The van der Waals surface area contributed by atoms with Crippen LogP contribution in [0.1, 0.15) is 21.6 Å². The van der Waals surface area contributed by atoms with Gasteiger partial charge in [-0.15, -0.1) is 0 Å². The molecule has 4 nitrogen and oxygen atoms in total. The molecule has 0 aliphatic carbocycles. The highest BCUT2D eigenvalue weighted by atomic mass is 19.1. The topological polar surface area (TPSA) is 57.8 Å². The van der Waals surface area contributed by atoms with E-state index in [-0.39, 0.29) is 11.7 Å². The van der Waals surface area contributed by atoms with Crippen LogP contribution in [0.2, 0.25) is 0 Å². The molecule has 3 aromatic rings. The first-order valence-corrected chi connectivity index (χ1v) is 7.27. The fraction of sp³-hybridized carbons (Fsp3) is 0.111. The molecular formula is C18H16FN3O. The molecule has 23 heavy (non-hydrogen) atoms. The fourth-order valence-corrected chi connectivity index (χ4v) is 2.29. The van der Waals surface area contributed by atoms with Gasteiger partial charge in [-0.2, -0.15) is 5.10 Å². The highest BCUT2D eigenvalue weighted by molar-refractivity contribution is 5.93. The van der Waals surface area contributed by atoms with Crippen molar-refractivity contribution in [2.45, 2.75) is 13.5 Å². The normalized spacial score (nSPS) is 10.5. The Labute approximate surface area is 133 Å². The molecular weight excluding hydrogens is 293 g/mol. The molecule has 2 N–H and O–H groups in total. The van der Waals surface area contributed by atoms with Crippen LogP contribution in [0.5, 0.6) is 0 Å². The number of carbonyl (C=O) groups is 1. The molecule has 0 fully saturated rings. The number of hydrogen-bond donors (Lipinski definition) is 2. The lowest BCUT2D eigenvalue weighted by Crippen LogP contribution is -2.23. The van der Waals surface area contributed by atoms with E-state index < -0.39 is 0 Å². The van der Waals surface area contributed by atoms with Gasteiger partial charge in [-0.05, 0) is 30.2 Å². The number of nitrogens with zero attached hydrogens (tertiary/aromatic N) is 1. The Morgan fingerprint density at radius 3 is 2.70 bits per heavy atom. The predicted molar refractivity (Wildman–Crippen MR) is 86.3 cm³/mol. The minimum Gasteiger partial charge on any atom is -0.347 e. The Kier molecular flexibility index (Phi) is 4.19. The molecule has 0 saturated carbocycles. The molecule has 0 bridgehead atoms. The zero-order valence-electron chi connectivity index (χ0n) is 12.6. The summed E-state index contributed by atoms with van der Waals surface area (Å²) >= 11 is 0. The molecule has 3 rings (SSSR count). The van der Waals surface area contributed by atoms with Gasteiger partial charge in [-0.3, -0.25) is 9.89 Å². The molecule has 1 amide bonds. The van der Waals surface area contributed by atoms with Crippen molar-refractivity contribution in [1.82, 2.24) is 15.5 Å². The summed E-state index contributed by atoms with van der Waals surface area (Å²) < 4.78 is 13.2. The molecule has 0 aliphatic heterocycles. The van der Waals surface area contributed by atoms with E-state index in [4.69, 9.17) is 0 Å². The van der Waals surface area contributed by atoms with Crippen molar-refractivity contribution in [3.8, 4) is 11.3 Å². The van der Waals surface area contributed by atoms with E-state index in [1.54, 1.807) is 25.1 Å². The van der Waals surface area contributed by atoms with Crippen molar-refractivity contribution in [3.05, 3.63) is 77.2 Å². The third-order valence-electron chi connectivity index (χ3n) is 3.57. The minimum absolute atomic E-state index is 0.248. The lowest BCUT2D eigenvalue weighted by Gasteiger charge is -2.05. The number of rotatable bonds is 4. The first kappa shape index (κ1) is 15.0. The average Bonchev–Trinajstić information content (AvgIpc) is 3.06. The number of aromatic amines is 1. The predicted octanol–water partition coefficient (Wildman–Crippen LogP) is 3.45. The maximum Gasteiger partial charge on any atom is 0.269 e. The first-order chi connectivity index (χ1) is 11.1. The molecule has 0 atom stereocenters. The molecule has 0 aliphatic rings. The Bertz CT molecular complexity index is 827. The van der Waals surface area contributed by atoms with E-state index >= 15 is 0 Å². The summed E-state index contributed by atoms with van der Waals surface area (Å²) in [5, 5.41) is 9.69. The maximum atomic E-state index is 13.2. The summed E-state index contributed by atoms with van der Waals surface area (Å²) in [7, 11) is 0. The second kappa shape index (κ2) is 6.44. The summed E-state index contributed by atoms with van der Waals surface area (Å²) in [5.41, 5.74) is 3.46. The monoisotopic (exact) mass is 309 g/mol. The van der Waals surface area contributed by atoms with Crippen LogP contribution in [-0.4, -0.2) is 16.1 Å². The molecule has 1 aromatic heterocycles. The Balaban J connectivity index is 1.67. The third kappa shape index (κ3) is 3.45. The Morgan fingerprint density at radius 2 is 1.96 bits per heavy atom. The number of carbonyl (C=O) groups excluding carboxylic acids is 1. The number of nitrogens with one attached hydrogen (secondary N) is 2. The van der Waals surface area contributed by atoms with Crippen molar-refractivity contribution in [1.29, 1.82) is 0 Å². The van der Waals surface area contributed by atoms with Gasteiger partial charge < -0.3 is 5.32 Å². The van der Waals surface area contributed by atoms with Crippen LogP contribution in [0.4, 0.5) is 4.39 Å². The Morgan fingerprint density at radius 1 is 1.17 bits per heavy atom. The molecule has 5 heteroatoms. The zero-order chi connectivity index (χ0) is 16.2. The molecule has 1 heterocycles. The lowest BCUT2D eigenvalue weighted by atomic mass is 10.1. The van der Waals surface area contributed by atoms with Crippen molar-refractivity contribution >= 4 is 5.91 Å². The van der Waals surface area contributed by atoms with E-state index in [1.165, 1.54) is 6.07 Å². The standard InChI is InChI=1S/C18H16FN3O/c1-12-9-13(7-8-15(12)19)11-20-18(23)17-10-16(21-22-17)14-5-3-2-4-6-14/h2-10H,11H2,1H3,(H,20,23)(H,21,22).